The summed E-state index contributed by atoms with van der Waals surface area (Å²) < 4.78 is 1.10. The summed E-state index contributed by atoms with van der Waals surface area (Å²) in [6.45, 7) is 0. The van der Waals surface area contributed by atoms with E-state index in [0.29, 0.717) is 5.82 Å². The summed E-state index contributed by atoms with van der Waals surface area (Å²) in [5.41, 5.74) is 11.9. The van der Waals surface area contributed by atoms with E-state index in [-0.39, 0.29) is 5.95 Å². The predicted octanol–water partition coefficient (Wildman–Crippen LogP) is 1.40. The first-order valence-electron chi connectivity index (χ1n) is 3.65. The highest BCUT2D eigenvalue weighted by Crippen LogP contribution is 2.20. The van der Waals surface area contributed by atoms with Crippen molar-refractivity contribution in [3.63, 3.8) is 0 Å². The summed E-state index contributed by atoms with van der Waals surface area (Å²) in [6.07, 6.45) is 0. The van der Waals surface area contributed by atoms with Crippen LogP contribution < -0.4 is 11.5 Å². The third-order valence-corrected chi connectivity index (χ3v) is 2.38. The molecule has 4 N–H and O–H groups in total. The molecule has 0 atom stereocenters. The lowest BCUT2D eigenvalue weighted by Crippen LogP contribution is -2.00. The van der Waals surface area contributed by atoms with Gasteiger partial charge in [0.1, 0.15) is 5.82 Å². The first-order valence-corrected chi connectivity index (χ1v) is 4.73. The van der Waals surface area contributed by atoms with Crippen molar-refractivity contribution in [2.45, 2.75) is 0 Å². The van der Waals surface area contributed by atoms with Gasteiger partial charge in [-0.2, -0.15) is 4.98 Å². The molecule has 0 fully saturated rings. The molecule has 0 aliphatic heterocycles. The maximum atomic E-state index is 5.67. The fourth-order valence-electron chi connectivity index (χ4n) is 1.15. The van der Waals surface area contributed by atoms with E-state index in [2.05, 4.69) is 32.6 Å². The normalized spacial score (nSPS) is 10.5. The van der Waals surface area contributed by atoms with E-state index in [4.69, 9.17) is 11.5 Å². The van der Waals surface area contributed by atoms with Gasteiger partial charge in [0.15, 0.2) is 0 Å². The van der Waals surface area contributed by atoms with Crippen LogP contribution in [0.2, 0.25) is 0 Å². The maximum Gasteiger partial charge on any atom is 0.222 e. The quantitative estimate of drug-likeness (QED) is 0.718. The van der Waals surface area contributed by atoms with Crippen LogP contribution in [0.3, 0.4) is 0 Å². The Hall–Kier alpha value is -1.11. The van der Waals surface area contributed by atoms with E-state index in [1.165, 1.54) is 0 Å². The second-order valence-corrected chi connectivity index (χ2v) is 3.87. The Morgan fingerprint density at radius 2 is 1.92 bits per heavy atom. The molecule has 0 aliphatic rings. The first-order chi connectivity index (χ1) is 6.16. The third-order valence-electron chi connectivity index (χ3n) is 1.71. The summed E-state index contributed by atoms with van der Waals surface area (Å²) in [4.78, 5) is 7.95. The minimum absolute atomic E-state index is 0.215. The van der Waals surface area contributed by atoms with Gasteiger partial charge in [0.25, 0.3) is 0 Å². The number of fused-ring (bicyclic) bond motifs is 1. The number of nitrogens with zero attached hydrogens (tertiary/aromatic N) is 2. The van der Waals surface area contributed by atoms with Crippen molar-refractivity contribution < 1.29 is 0 Å². The molecule has 2 rings (SSSR count). The Kier molecular flexibility index (Phi) is 1.95. The fourth-order valence-corrected chi connectivity index (χ4v) is 1.62. The molecular weight excluding hydrogens is 279 g/mol. The zero-order valence-electron chi connectivity index (χ0n) is 6.66. The minimum Gasteiger partial charge on any atom is -0.383 e. The molecule has 4 nitrogen and oxygen atoms in total. The molecular formula is C8H7IN4. The zero-order chi connectivity index (χ0) is 9.42. The van der Waals surface area contributed by atoms with Crippen molar-refractivity contribution in [3.8, 4) is 0 Å². The van der Waals surface area contributed by atoms with E-state index in [1.807, 2.05) is 18.2 Å². The lowest BCUT2D eigenvalue weighted by molar-refractivity contribution is 1.24. The van der Waals surface area contributed by atoms with Gasteiger partial charge in [0, 0.05) is 8.96 Å². The van der Waals surface area contributed by atoms with E-state index < -0.39 is 0 Å². The standard InChI is InChI=1S/C8H7IN4/c9-4-1-2-5-6(3-4)12-8(11)13-7(5)10/h1-3H,(H4,10,11,12,13). The number of halogens is 1. The number of nitrogen functional groups attached to an aromatic ring is 2. The number of aromatic nitrogens is 2. The average molecular weight is 286 g/mol. The molecule has 1 aromatic heterocycles. The second kappa shape index (κ2) is 2.99. The van der Waals surface area contributed by atoms with Crippen molar-refractivity contribution in [1.82, 2.24) is 9.97 Å². The van der Waals surface area contributed by atoms with Gasteiger partial charge in [0.05, 0.1) is 5.52 Å². The highest BCUT2D eigenvalue weighted by atomic mass is 127. The van der Waals surface area contributed by atoms with Gasteiger partial charge in [-0.3, -0.25) is 0 Å². The number of benzene rings is 1. The molecule has 0 amide bonds. The van der Waals surface area contributed by atoms with Gasteiger partial charge in [-0.25, -0.2) is 4.98 Å². The summed E-state index contributed by atoms with van der Waals surface area (Å²) in [6, 6.07) is 5.77. The van der Waals surface area contributed by atoms with Crippen molar-refractivity contribution in [1.29, 1.82) is 0 Å². The second-order valence-electron chi connectivity index (χ2n) is 2.63. The van der Waals surface area contributed by atoms with Crippen molar-refractivity contribution >= 4 is 45.3 Å². The number of anilines is 2. The molecule has 0 saturated heterocycles. The van der Waals surface area contributed by atoms with Crippen molar-refractivity contribution in [2.75, 3.05) is 11.5 Å². The van der Waals surface area contributed by atoms with Crippen LogP contribution in [0.15, 0.2) is 18.2 Å². The average Bonchev–Trinajstić information content (AvgIpc) is 2.02. The minimum atomic E-state index is 0.215. The van der Waals surface area contributed by atoms with E-state index in [9.17, 15) is 0 Å². The van der Waals surface area contributed by atoms with Gasteiger partial charge < -0.3 is 11.5 Å². The van der Waals surface area contributed by atoms with Crippen LogP contribution in [0.5, 0.6) is 0 Å². The van der Waals surface area contributed by atoms with Gasteiger partial charge in [-0.1, -0.05) is 0 Å². The summed E-state index contributed by atoms with van der Waals surface area (Å²) in [5.74, 6) is 0.644. The predicted molar refractivity (Wildman–Crippen MR) is 61.1 cm³/mol. The Bertz CT molecular complexity index is 464. The Balaban J connectivity index is 2.86. The topological polar surface area (TPSA) is 77.8 Å². The molecule has 66 valence electrons. The Morgan fingerprint density at radius 1 is 1.15 bits per heavy atom. The van der Waals surface area contributed by atoms with Gasteiger partial charge in [-0.15, -0.1) is 0 Å². The van der Waals surface area contributed by atoms with Crippen LogP contribution >= 0.6 is 22.6 Å². The summed E-state index contributed by atoms with van der Waals surface area (Å²) in [7, 11) is 0. The van der Waals surface area contributed by atoms with Crippen LogP contribution in [0.25, 0.3) is 10.9 Å². The lowest BCUT2D eigenvalue weighted by atomic mass is 10.2. The zero-order valence-corrected chi connectivity index (χ0v) is 8.82. The molecule has 13 heavy (non-hydrogen) atoms. The summed E-state index contributed by atoms with van der Waals surface area (Å²) >= 11 is 2.21. The third kappa shape index (κ3) is 1.51. The van der Waals surface area contributed by atoms with Crippen LogP contribution in [-0.2, 0) is 0 Å². The molecule has 0 bridgehead atoms. The molecule has 0 saturated carbocycles. The van der Waals surface area contributed by atoms with Gasteiger partial charge in [-0.05, 0) is 40.8 Å². The number of nitrogens with two attached hydrogens (primary N) is 2. The highest BCUT2D eigenvalue weighted by Gasteiger charge is 2.02. The number of rotatable bonds is 0. The SMILES string of the molecule is Nc1nc(N)c2ccc(I)cc2n1. The molecule has 5 heteroatoms. The summed E-state index contributed by atoms with van der Waals surface area (Å²) in [5, 5.41) is 0.842. The number of hydrogen-bond donors (Lipinski definition) is 2. The van der Waals surface area contributed by atoms with E-state index in [0.717, 1.165) is 14.5 Å². The van der Waals surface area contributed by atoms with Crippen LogP contribution in [-0.4, -0.2) is 9.97 Å². The molecule has 1 aromatic carbocycles. The van der Waals surface area contributed by atoms with Crippen molar-refractivity contribution in [2.24, 2.45) is 0 Å². The molecule has 0 radical (unpaired) electrons. The first kappa shape index (κ1) is 8.49. The van der Waals surface area contributed by atoms with Gasteiger partial charge in [0.2, 0.25) is 5.95 Å². The lowest BCUT2D eigenvalue weighted by Gasteiger charge is -2.01. The molecule has 0 aliphatic carbocycles. The number of hydrogen-bond acceptors (Lipinski definition) is 4. The maximum absolute atomic E-state index is 5.67. The monoisotopic (exact) mass is 286 g/mol. The van der Waals surface area contributed by atoms with E-state index >= 15 is 0 Å². The van der Waals surface area contributed by atoms with Crippen LogP contribution in [0.1, 0.15) is 0 Å². The smallest absolute Gasteiger partial charge is 0.222 e. The van der Waals surface area contributed by atoms with Crippen LogP contribution in [0, 0.1) is 3.57 Å². The molecule has 0 spiro atoms. The van der Waals surface area contributed by atoms with Crippen LogP contribution in [0.4, 0.5) is 11.8 Å². The molecule has 2 aromatic rings. The fraction of sp³-hybridized carbons (Fsp3) is 0. The molecule has 1 heterocycles. The van der Waals surface area contributed by atoms with E-state index in [1.54, 1.807) is 0 Å². The van der Waals surface area contributed by atoms with Crippen molar-refractivity contribution in [3.05, 3.63) is 21.8 Å². The highest BCUT2D eigenvalue weighted by molar-refractivity contribution is 14.1. The van der Waals surface area contributed by atoms with Gasteiger partial charge >= 0.3 is 0 Å². The molecule has 0 unspecified atom stereocenters. The Labute approximate surface area is 88.5 Å². The largest absolute Gasteiger partial charge is 0.383 e. The Morgan fingerprint density at radius 3 is 2.69 bits per heavy atom.